The number of aromatic carboxylic acids is 2. The van der Waals surface area contributed by atoms with E-state index in [4.69, 9.17) is 37.4 Å². The maximum absolute atomic E-state index is 15.1. The highest BCUT2D eigenvalue weighted by Gasteiger charge is 2.63. The van der Waals surface area contributed by atoms with Crippen LogP contribution in [0.15, 0.2) is 70.5 Å². The number of carboxylic acid groups (broad SMARTS) is 2. The summed E-state index contributed by atoms with van der Waals surface area (Å²) in [7, 11) is -9.82. The van der Waals surface area contributed by atoms with E-state index in [-0.39, 0.29) is 51.6 Å². The highest BCUT2D eigenvalue weighted by atomic mass is 35.5. The number of nitrogens with one attached hydrogen (secondary N) is 6. The van der Waals surface area contributed by atoms with E-state index in [1.165, 1.54) is 0 Å². The molecule has 31 heteroatoms. The van der Waals surface area contributed by atoms with Gasteiger partial charge in [-0.1, -0.05) is 73.2 Å². The molecule has 4 aliphatic heterocycles. The molecule has 10 unspecified atom stereocenters. The molecule has 8 amide bonds. The fraction of sp³-hybridized carbons (Fsp3) is 0.567. The van der Waals surface area contributed by atoms with E-state index < -0.39 is 181 Å². The van der Waals surface area contributed by atoms with Crippen molar-refractivity contribution in [3.63, 3.8) is 0 Å². The van der Waals surface area contributed by atoms with Crippen LogP contribution >= 0.6 is 23.2 Å². The summed E-state index contributed by atoms with van der Waals surface area (Å²) in [6, 6.07) is 0.159. The first kappa shape index (κ1) is 69.5. The molecule has 8 rings (SSSR count). The number of alkyl carbamates (subject to hydrolysis) is 2. The maximum atomic E-state index is 15.1. The van der Waals surface area contributed by atoms with Crippen molar-refractivity contribution < 1.29 is 89.2 Å². The summed E-state index contributed by atoms with van der Waals surface area (Å²) in [5.41, 5.74) is -6.81. The van der Waals surface area contributed by atoms with E-state index in [1.807, 2.05) is 9.44 Å². The Hall–Kier alpha value is -7.34. The summed E-state index contributed by atoms with van der Waals surface area (Å²) in [4.78, 5) is 141. The van der Waals surface area contributed by atoms with Crippen molar-refractivity contribution in [3.8, 4) is 0 Å². The second kappa shape index (κ2) is 27.5. The van der Waals surface area contributed by atoms with Crippen molar-refractivity contribution in [1.82, 2.24) is 40.5 Å². The Kier molecular flexibility index (Phi) is 21.0. The number of amides is 8. The van der Waals surface area contributed by atoms with E-state index in [1.54, 1.807) is 65.8 Å². The van der Waals surface area contributed by atoms with Gasteiger partial charge in [-0.25, -0.2) is 45.5 Å². The molecule has 0 radical (unpaired) electrons. The number of carbonyl (C=O) groups excluding carboxylic acids is 8. The predicted octanol–water partition coefficient (Wildman–Crippen LogP) is 5.23. The summed E-state index contributed by atoms with van der Waals surface area (Å²) in [5.74, 6) is -10.3. The molecule has 2 aromatic carbocycles. The Bertz CT molecular complexity index is 3330. The Morgan fingerprint density at radius 2 is 0.956 bits per heavy atom. The molecule has 2 saturated carbocycles. The zero-order valence-corrected chi connectivity index (χ0v) is 54.2. The number of nitrogens with zero attached hydrogens (tertiary/aromatic N) is 2. The summed E-state index contributed by atoms with van der Waals surface area (Å²) < 4.78 is 77.2. The SMILES string of the molecule is CC(C)(C)OC(=O)NC1CCCCC/C=C\C2CC2(C(=O)NS(=O)(=O)c2cc(C(=O)O)ccc2Cl)NC(=O)C2CC(OC3CC4C(=O)NC5(C(=O)NS(=O)(=O)c6cc(C(=O)O)ccc6Cl)CC5/C=C\CCCCCC(NC(=O)OC(C)(C)C)C(=O)N4C3)CN2C1=O. The van der Waals surface area contributed by atoms with Crippen LogP contribution in [0, 0.1) is 11.8 Å². The average Bonchev–Trinajstić information content (AvgIpc) is 1.61. The molecule has 0 aromatic heterocycles. The molecule has 4 heterocycles. The van der Waals surface area contributed by atoms with Gasteiger partial charge in [-0.2, -0.15) is 0 Å². The van der Waals surface area contributed by atoms with Gasteiger partial charge >= 0.3 is 24.1 Å². The van der Waals surface area contributed by atoms with Crippen LogP contribution in [0.25, 0.3) is 0 Å². The molecule has 6 aliphatic rings. The topological polar surface area (TPSA) is 386 Å². The molecule has 8 N–H and O–H groups in total. The first-order chi connectivity index (χ1) is 42.5. The van der Waals surface area contributed by atoms with E-state index in [0.29, 0.717) is 51.4 Å². The highest BCUT2D eigenvalue weighted by Crippen LogP contribution is 2.47. The third-order valence-electron chi connectivity index (χ3n) is 16.4. The minimum absolute atomic E-state index is 0.0827. The number of carboxylic acids is 2. The van der Waals surface area contributed by atoms with Gasteiger partial charge < -0.3 is 55.5 Å². The minimum atomic E-state index is -4.91. The van der Waals surface area contributed by atoms with E-state index in [2.05, 4.69) is 21.3 Å². The third-order valence-corrected chi connectivity index (χ3v) is 20.1. The number of ether oxygens (including phenoxy) is 3. The van der Waals surface area contributed by atoms with Crippen LogP contribution in [0.1, 0.15) is 152 Å². The molecule has 10 atom stereocenters. The molecule has 4 fully saturated rings. The Morgan fingerprint density at radius 3 is 1.31 bits per heavy atom. The van der Waals surface area contributed by atoms with Gasteiger partial charge in [0.2, 0.25) is 23.6 Å². The molecule has 2 saturated heterocycles. The van der Waals surface area contributed by atoms with E-state index >= 15 is 19.2 Å². The number of sulfonamides is 2. The van der Waals surface area contributed by atoms with Gasteiger partial charge in [0, 0.05) is 37.8 Å². The molecule has 91 heavy (non-hydrogen) atoms. The second-order valence-corrected chi connectivity index (χ2v) is 29.8. The summed E-state index contributed by atoms with van der Waals surface area (Å²) in [5, 5.41) is 29.2. The molecule has 2 aliphatic carbocycles. The number of hydrogen-bond acceptors (Lipinski definition) is 17. The lowest BCUT2D eigenvalue weighted by Crippen LogP contribution is -2.58. The van der Waals surface area contributed by atoms with E-state index in [0.717, 1.165) is 46.2 Å². The maximum Gasteiger partial charge on any atom is 0.408 e. The Balaban J connectivity index is 1.12. The number of allylic oxidation sites excluding steroid dienone is 2. The average molecular weight is 1350 g/mol. The van der Waals surface area contributed by atoms with Crippen molar-refractivity contribution >= 4 is 103 Å². The van der Waals surface area contributed by atoms with Crippen LogP contribution in [-0.2, 0) is 63.0 Å². The van der Waals surface area contributed by atoms with Gasteiger partial charge in [0.1, 0.15) is 56.2 Å². The van der Waals surface area contributed by atoms with Gasteiger partial charge in [0.05, 0.1) is 33.4 Å². The first-order valence-electron chi connectivity index (χ1n) is 30.0. The number of halogens is 2. The third kappa shape index (κ3) is 16.8. The van der Waals surface area contributed by atoms with Crippen LogP contribution in [0.2, 0.25) is 10.0 Å². The minimum Gasteiger partial charge on any atom is -0.478 e. The fourth-order valence-electron chi connectivity index (χ4n) is 11.7. The van der Waals surface area contributed by atoms with Crippen LogP contribution in [-0.4, -0.2) is 168 Å². The number of rotatable bonds is 12. The van der Waals surface area contributed by atoms with Gasteiger partial charge in [-0.3, -0.25) is 28.8 Å². The number of fused-ring (bicyclic) bond motifs is 4. The molecule has 27 nitrogen and oxygen atoms in total. The summed E-state index contributed by atoms with van der Waals surface area (Å²) in [6.45, 7) is 9.02. The molecule has 496 valence electrons. The van der Waals surface area contributed by atoms with Crippen LogP contribution in [0.4, 0.5) is 9.59 Å². The standard InChI is InChI=1S/C60H76Cl2N8O19S2/c1-57(2,3)88-55(81)63-41-19-15-11-7-9-13-17-35-29-59(35,53(79)67-90(83,84)45-25-33(51(75)76)21-23-39(45)61)65-47(71)43-27-37(31-69(43)49(41)73)87-38-28-44-48(72)66-60(54(80)68-91(85,86)46-26-34(52(77)78)22-24-40(46)62)30-36(60)18-14-10-8-12-16-20-42(50(74)70(44)32-38)64-56(82)89-58(4,5)6/h13-14,17-18,21-26,35-38,41-44H,7-12,15-16,19-20,27-32H2,1-6H3,(H,63,81)(H,64,82)(H,65,71)(H,66,72)(H,67,79)(H,68,80)(H,75,76)(H,77,78)/b17-13-,18-14-. The van der Waals surface area contributed by atoms with Crippen molar-refractivity contribution in [1.29, 1.82) is 0 Å². The second-order valence-electron chi connectivity index (χ2n) is 25.7. The normalized spacial score (nSPS) is 28.4. The van der Waals surface area contributed by atoms with Gasteiger partial charge in [0.25, 0.3) is 31.9 Å². The van der Waals surface area contributed by atoms with Gasteiger partial charge in [0.15, 0.2) is 0 Å². The highest BCUT2D eigenvalue weighted by molar-refractivity contribution is 7.90. The molecule has 0 bridgehead atoms. The monoisotopic (exact) mass is 1350 g/mol. The Morgan fingerprint density at radius 1 is 0.582 bits per heavy atom. The number of hydrogen-bond donors (Lipinski definition) is 8. The zero-order valence-electron chi connectivity index (χ0n) is 51.0. The van der Waals surface area contributed by atoms with Gasteiger partial charge in [-0.15, -0.1) is 0 Å². The number of carbonyl (C=O) groups is 10. The molecule has 0 spiro atoms. The van der Waals surface area contributed by atoms with Crippen molar-refractivity contribution in [3.05, 3.63) is 81.9 Å². The lowest BCUT2D eigenvalue weighted by Gasteiger charge is -2.30. The van der Waals surface area contributed by atoms with Crippen LogP contribution in [0.5, 0.6) is 0 Å². The largest absolute Gasteiger partial charge is 0.478 e. The van der Waals surface area contributed by atoms with Crippen LogP contribution < -0.4 is 30.7 Å². The predicted molar refractivity (Wildman–Crippen MR) is 325 cm³/mol. The van der Waals surface area contributed by atoms with Gasteiger partial charge in [-0.05, 0) is 129 Å². The summed E-state index contributed by atoms with van der Waals surface area (Å²) in [6.07, 6.45) is 6.14. The molecule has 2 aromatic rings. The smallest absolute Gasteiger partial charge is 0.408 e. The quantitative estimate of drug-likeness (QED) is 0.126. The molecular weight excluding hydrogens is 1270 g/mol. The van der Waals surface area contributed by atoms with Crippen molar-refractivity contribution in [2.75, 3.05) is 13.1 Å². The Labute approximate surface area is 536 Å². The fourth-order valence-corrected chi connectivity index (χ4v) is 14.9. The number of benzene rings is 2. The van der Waals surface area contributed by atoms with Crippen molar-refractivity contribution in [2.24, 2.45) is 11.8 Å². The lowest BCUT2D eigenvalue weighted by atomic mass is 10.0. The zero-order chi connectivity index (χ0) is 66.8. The molecular formula is C60H76Cl2N8O19S2. The van der Waals surface area contributed by atoms with E-state index in [9.17, 15) is 55.8 Å². The first-order valence-corrected chi connectivity index (χ1v) is 33.7. The van der Waals surface area contributed by atoms with Crippen LogP contribution in [0.3, 0.4) is 0 Å². The lowest BCUT2D eigenvalue weighted by molar-refractivity contribution is -0.141. The van der Waals surface area contributed by atoms with Crippen molar-refractivity contribution in [2.45, 2.75) is 200 Å². The summed E-state index contributed by atoms with van der Waals surface area (Å²) >= 11 is 12.5.